The molecule has 186 valence electrons. The molecule has 0 aliphatic heterocycles. The number of aromatic nitrogens is 1. The smallest absolute Gasteiger partial charge is 0.339 e. The van der Waals surface area contributed by atoms with E-state index < -0.39 is 22.0 Å². The van der Waals surface area contributed by atoms with Gasteiger partial charge in [0.2, 0.25) is 0 Å². The van der Waals surface area contributed by atoms with Crippen LogP contribution in [0.15, 0.2) is 70.4 Å². The van der Waals surface area contributed by atoms with Gasteiger partial charge in [0.25, 0.3) is 10.0 Å². The van der Waals surface area contributed by atoms with Crippen LogP contribution in [0.1, 0.15) is 26.3 Å². The minimum Gasteiger partial charge on any atom is -0.465 e. The Morgan fingerprint density at radius 3 is 2.33 bits per heavy atom. The van der Waals surface area contributed by atoms with Gasteiger partial charge in [0.05, 0.1) is 52.7 Å². The Hall–Kier alpha value is -3.67. The Kier molecular flexibility index (Phi) is 7.16. The van der Waals surface area contributed by atoms with Crippen LogP contribution in [0.5, 0.6) is 0 Å². The first-order valence-electron chi connectivity index (χ1n) is 10.3. The predicted molar refractivity (Wildman–Crippen MR) is 137 cm³/mol. The fourth-order valence-electron chi connectivity index (χ4n) is 3.50. The minimum atomic E-state index is -4.21. The van der Waals surface area contributed by atoms with Crippen LogP contribution in [0.4, 0.5) is 5.69 Å². The number of anilines is 1. The maximum absolute atomic E-state index is 13.2. The summed E-state index contributed by atoms with van der Waals surface area (Å²) in [6.07, 6.45) is 0. The first-order valence-corrected chi connectivity index (χ1v) is 13.0. The molecular formula is C24H19ClN2O7S2. The molecule has 0 bridgehead atoms. The van der Waals surface area contributed by atoms with E-state index in [0.29, 0.717) is 21.8 Å². The van der Waals surface area contributed by atoms with E-state index in [0.717, 1.165) is 24.0 Å². The van der Waals surface area contributed by atoms with Crippen molar-refractivity contribution in [2.75, 3.05) is 18.9 Å². The number of esters is 2. The predicted octanol–water partition coefficient (Wildman–Crippen LogP) is 4.14. The highest BCUT2D eigenvalue weighted by molar-refractivity contribution is 7.92. The third-order valence-corrected chi connectivity index (χ3v) is 7.85. The first-order chi connectivity index (χ1) is 17.1. The molecule has 0 aliphatic carbocycles. The van der Waals surface area contributed by atoms with Crippen LogP contribution in [-0.2, 0) is 26.0 Å². The Morgan fingerprint density at radius 2 is 1.67 bits per heavy atom. The maximum Gasteiger partial charge on any atom is 0.339 e. The number of nitrogens with zero attached hydrogens (tertiary/aromatic N) is 1. The molecule has 0 unspecified atom stereocenters. The van der Waals surface area contributed by atoms with Crippen molar-refractivity contribution in [3.8, 4) is 0 Å². The Labute approximate surface area is 214 Å². The Balaban J connectivity index is 1.71. The fraction of sp³-hybridized carbons (Fsp3) is 0.125. The van der Waals surface area contributed by atoms with Crippen LogP contribution >= 0.6 is 22.9 Å². The Morgan fingerprint density at radius 1 is 0.972 bits per heavy atom. The van der Waals surface area contributed by atoms with Crippen molar-refractivity contribution in [2.24, 2.45) is 0 Å². The zero-order valence-corrected chi connectivity index (χ0v) is 21.4. The van der Waals surface area contributed by atoms with E-state index in [9.17, 15) is 22.8 Å². The lowest BCUT2D eigenvalue weighted by atomic mass is 10.1. The van der Waals surface area contributed by atoms with Gasteiger partial charge >= 0.3 is 16.8 Å². The molecule has 1 heterocycles. The molecule has 1 aromatic heterocycles. The van der Waals surface area contributed by atoms with E-state index in [1.807, 2.05) is 12.1 Å². The van der Waals surface area contributed by atoms with Crippen molar-refractivity contribution in [1.29, 1.82) is 0 Å². The van der Waals surface area contributed by atoms with Gasteiger partial charge in [-0.1, -0.05) is 35.1 Å². The summed E-state index contributed by atoms with van der Waals surface area (Å²) in [5.74, 6) is -1.50. The monoisotopic (exact) mass is 546 g/mol. The summed E-state index contributed by atoms with van der Waals surface area (Å²) >= 11 is 6.84. The maximum atomic E-state index is 13.2. The molecule has 1 N–H and O–H groups in total. The van der Waals surface area contributed by atoms with E-state index in [1.165, 1.54) is 37.4 Å². The summed E-state index contributed by atoms with van der Waals surface area (Å²) in [7, 11) is -1.88. The molecule has 12 heteroatoms. The fourth-order valence-corrected chi connectivity index (χ4v) is 5.73. The van der Waals surface area contributed by atoms with E-state index in [4.69, 9.17) is 16.3 Å². The summed E-state index contributed by atoms with van der Waals surface area (Å²) in [6.45, 7) is 0.295. The zero-order chi connectivity index (χ0) is 26.0. The van der Waals surface area contributed by atoms with Crippen LogP contribution in [0.2, 0.25) is 5.02 Å². The lowest BCUT2D eigenvalue weighted by Gasteiger charge is -2.13. The minimum absolute atomic E-state index is 0.0378. The highest BCUT2D eigenvalue weighted by Gasteiger charge is 2.22. The standard InChI is InChI=1S/C24H19ClN2O7S2/c1-33-22(28)15-5-9-18(23(29)34-2)19(11-15)26-36(31,32)17-8-10-20-21(12-17)35-24(30)27(20)13-14-3-6-16(25)7-4-14/h3-12,26H,13H2,1-2H3. The van der Waals surface area contributed by atoms with Crippen LogP contribution in [0.25, 0.3) is 10.2 Å². The number of hydrogen-bond donors (Lipinski definition) is 1. The molecule has 0 spiro atoms. The second-order valence-corrected chi connectivity index (χ2v) is 10.7. The molecule has 0 fully saturated rings. The molecule has 0 saturated heterocycles. The van der Waals surface area contributed by atoms with Crippen LogP contribution in [0, 0.1) is 0 Å². The van der Waals surface area contributed by atoms with Gasteiger partial charge in [-0.05, 0) is 54.1 Å². The van der Waals surface area contributed by atoms with Gasteiger partial charge in [-0.15, -0.1) is 0 Å². The second-order valence-electron chi connectivity index (χ2n) is 7.56. The summed E-state index contributed by atoms with van der Waals surface area (Å²) in [5.41, 5.74) is 1.23. The summed E-state index contributed by atoms with van der Waals surface area (Å²) in [5, 5.41) is 0.580. The molecule has 36 heavy (non-hydrogen) atoms. The molecule has 0 radical (unpaired) electrons. The molecule has 9 nitrogen and oxygen atoms in total. The summed E-state index contributed by atoms with van der Waals surface area (Å²) in [4.78, 5) is 36.4. The normalized spacial score (nSPS) is 11.3. The molecule has 0 atom stereocenters. The largest absolute Gasteiger partial charge is 0.465 e. The lowest BCUT2D eigenvalue weighted by molar-refractivity contribution is 0.0587. The third kappa shape index (κ3) is 5.13. The first kappa shape index (κ1) is 25.4. The van der Waals surface area contributed by atoms with Crippen molar-refractivity contribution in [1.82, 2.24) is 4.57 Å². The van der Waals surface area contributed by atoms with Crippen molar-refractivity contribution in [3.05, 3.63) is 92.0 Å². The van der Waals surface area contributed by atoms with E-state index >= 15 is 0 Å². The number of thiazole rings is 1. The molecule has 0 aliphatic rings. The third-order valence-electron chi connectivity index (χ3n) is 5.29. The van der Waals surface area contributed by atoms with Gasteiger partial charge in [-0.25, -0.2) is 18.0 Å². The number of sulfonamides is 1. The van der Waals surface area contributed by atoms with Gasteiger partial charge in [0.15, 0.2) is 0 Å². The average Bonchev–Trinajstić information content (AvgIpc) is 3.18. The van der Waals surface area contributed by atoms with Crippen molar-refractivity contribution in [2.45, 2.75) is 11.4 Å². The zero-order valence-electron chi connectivity index (χ0n) is 19.0. The quantitative estimate of drug-likeness (QED) is 0.346. The van der Waals surface area contributed by atoms with E-state index in [2.05, 4.69) is 9.46 Å². The highest BCUT2D eigenvalue weighted by Crippen LogP contribution is 2.27. The number of rotatable bonds is 7. The SMILES string of the molecule is COC(=O)c1ccc(C(=O)OC)c(NS(=O)(=O)c2ccc3c(c2)sc(=O)n3Cc2ccc(Cl)cc2)c1. The van der Waals surface area contributed by atoms with Crippen molar-refractivity contribution in [3.63, 3.8) is 0 Å². The van der Waals surface area contributed by atoms with Gasteiger partial charge in [-0.3, -0.25) is 14.1 Å². The van der Waals surface area contributed by atoms with Gasteiger partial charge in [-0.2, -0.15) is 0 Å². The van der Waals surface area contributed by atoms with Gasteiger partial charge in [0, 0.05) is 5.02 Å². The van der Waals surface area contributed by atoms with Crippen molar-refractivity contribution >= 4 is 60.8 Å². The topological polar surface area (TPSA) is 121 Å². The van der Waals surface area contributed by atoms with Crippen LogP contribution in [0.3, 0.4) is 0 Å². The lowest BCUT2D eigenvalue weighted by Crippen LogP contribution is -2.17. The molecule has 0 amide bonds. The van der Waals surface area contributed by atoms with E-state index in [1.54, 1.807) is 22.8 Å². The molecular weight excluding hydrogens is 528 g/mol. The average molecular weight is 547 g/mol. The molecule has 4 rings (SSSR count). The number of carbonyl (C=O) groups excluding carboxylic acids is 2. The summed E-state index contributed by atoms with van der Waals surface area (Å²) < 4.78 is 40.1. The van der Waals surface area contributed by atoms with E-state index in [-0.39, 0.29) is 26.6 Å². The molecule has 0 saturated carbocycles. The van der Waals surface area contributed by atoms with Gasteiger partial charge in [0.1, 0.15) is 0 Å². The number of halogens is 1. The van der Waals surface area contributed by atoms with Crippen LogP contribution < -0.4 is 9.60 Å². The Bertz CT molecular complexity index is 1640. The molecule has 3 aromatic carbocycles. The second kappa shape index (κ2) is 10.1. The number of hydrogen-bond acceptors (Lipinski definition) is 8. The number of fused-ring (bicyclic) bond motifs is 1. The van der Waals surface area contributed by atoms with Gasteiger partial charge < -0.3 is 9.47 Å². The summed E-state index contributed by atoms with van der Waals surface area (Å²) in [6, 6.07) is 15.1. The number of ether oxygens (including phenoxy) is 2. The number of carbonyl (C=O) groups is 2. The highest BCUT2D eigenvalue weighted by atomic mass is 35.5. The van der Waals surface area contributed by atoms with Crippen molar-refractivity contribution < 1.29 is 27.5 Å². The number of methoxy groups -OCH3 is 2. The molecule has 4 aromatic rings. The number of benzene rings is 3. The number of nitrogens with one attached hydrogen (secondary N) is 1. The van der Waals surface area contributed by atoms with Crippen LogP contribution in [-0.4, -0.2) is 39.1 Å².